The fourth-order valence-corrected chi connectivity index (χ4v) is 8.71. The molecule has 0 bridgehead atoms. The summed E-state index contributed by atoms with van der Waals surface area (Å²) in [4.78, 5) is 0. The maximum Gasteiger partial charge on any atom is 0.00766 e. The molecule has 0 saturated heterocycles. The molecule has 0 aromatic carbocycles. The molecule has 28 heavy (non-hydrogen) atoms. The largest absolute Gasteiger partial charge is 0.327 e. The van der Waals surface area contributed by atoms with Crippen LogP contribution >= 0.6 is 0 Å². The molecule has 0 amide bonds. The Morgan fingerprint density at radius 2 is 1.79 bits per heavy atom. The van der Waals surface area contributed by atoms with Crippen molar-refractivity contribution in [1.29, 1.82) is 0 Å². The predicted molar refractivity (Wildman–Crippen MR) is 121 cm³/mol. The Morgan fingerprint density at radius 3 is 2.54 bits per heavy atom. The van der Waals surface area contributed by atoms with Gasteiger partial charge in [0.1, 0.15) is 0 Å². The van der Waals surface area contributed by atoms with Crippen LogP contribution in [0.1, 0.15) is 105 Å². The van der Waals surface area contributed by atoms with Crippen LogP contribution < -0.4 is 5.73 Å². The molecule has 0 aliphatic heterocycles. The zero-order chi connectivity index (χ0) is 20.1. The molecule has 160 valence electrons. The number of allylic oxidation sites excluding steroid dienone is 1. The van der Waals surface area contributed by atoms with Crippen molar-refractivity contribution in [2.24, 2.45) is 52.1 Å². The molecule has 4 rings (SSSR count). The van der Waals surface area contributed by atoms with Crippen LogP contribution in [-0.4, -0.2) is 6.04 Å². The van der Waals surface area contributed by atoms with E-state index in [1.165, 1.54) is 70.6 Å². The molecule has 4 aliphatic rings. The summed E-state index contributed by atoms with van der Waals surface area (Å²) < 4.78 is 0. The van der Waals surface area contributed by atoms with E-state index >= 15 is 0 Å². The molecule has 8 atom stereocenters. The number of nitrogens with two attached hydrogens (primary N) is 1. The molecule has 0 aromatic heterocycles. The van der Waals surface area contributed by atoms with Crippen molar-refractivity contribution in [1.82, 2.24) is 0 Å². The highest BCUT2D eigenvalue weighted by Crippen LogP contribution is 2.67. The van der Waals surface area contributed by atoms with Crippen molar-refractivity contribution in [2.45, 2.75) is 111 Å². The lowest BCUT2D eigenvalue weighted by atomic mass is 9.47. The first-order valence-corrected chi connectivity index (χ1v) is 12.7. The van der Waals surface area contributed by atoms with Gasteiger partial charge in [0.05, 0.1) is 0 Å². The molecule has 4 aliphatic carbocycles. The monoisotopic (exact) mass is 385 g/mol. The van der Waals surface area contributed by atoms with Crippen molar-refractivity contribution in [3.63, 3.8) is 0 Å². The maximum absolute atomic E-state index is 6.34. The van der Waals surface area contributed by atoms with Crippen molar-refractivity contribution < 1.29 is 0 Å². The average molecular weight is 386 g/mol. The lowest BCUT2D eigenvalue weighted by molar-refractivity contribution is -0.0508. The van der Waals surface area contributed by atoms with Gasteiger partial charge in [-0.1, -0.05) is 65.5 Å². The minimum Gasteiger partial charge on any atom is -0.327 e. The van der Waals surface area contributed by atoms with Crippen LogP contribution in [0.15, 0.2) is 11.6 Å². The van der Waals surface area contributed by atoms with Crippen LogP contribution in [0.5, 0.6) is 0 Å². The molecule has 3 saturated carbocycles. The summed E-state index contributed by atoms with van der Waals surface area (Å²) in [5, 5.41) is 0. The fourth-order valence-electron chi connectivity index (χ4n) is 8.71. The Morgan fingerprint density at radius 1 is 1.00 bits per heavy atom. The zero-order valence-corrected chi connectivity index (χ0v) is 19.5. The summed E-state index contributed by atoms with van der Waals surface area (Å²) >= 11 is 0. The fraction of sp³-hybridized carbons (Fsp3) is 0.926. The van der Waals surface area contributed by atoms with Crippen LogP contribution in [-0.2, 0) is 0 Å². The second kappa shape index (κ2) is 7.75. The molecule has 0 radical (unpaired) electrons. The van der Waals surface area contributed by atoms with E-state index in [1.807, 2.05) is 0 Å². The van der Waals surface area contributed by atoms with Gasteiger partial charge in [-0.3, -0.25) is 0 Å². The highest BCUT2D eigenvalue weighted by atomic mass is 14.7. The van der Waals surface area contributed by atoms with E-state index in [0.29, 0.717) is 16.9 Å². The van der Waals surface area contributed by atoms with Crippen LogP contribution in [0, 0.1) is 46.3 Å². The van der Waals surface area contributed by atoms with Crippen molar-refractivity contribution in [3.05, 3.63) is 11.6 Å². The summed E-state index contributed by atoms with van der Waals surface area (Å²) in [5.41, 5.74) is 9.18. The van der Waals surface area contributed by atoms with E-state index in [4.69, 9.17) is 5.73 Å². The maximum atomic E-state index is 6.34. The summed E-state index contributed by atoms with van der Waals surface area (Å²) in [5.74, 6) is 5.63. The molecular formula is C27H47N. The Labute approximate surface area is 175 Å². The number of hydrogen-bond donors (Lipinski definition) is 1. The van der Waals surface area contributed by atoms with Gasteiger partial charge in [0.15, 0.2) is 0 Å². The summed E-state index contributed by atoms with van der Waals surface area (Å²) in [6.45, 7) is 12.7. The first kappa shape index (κ1) is 21.0. The van der Waals surface area contributed by atoms with Gasteiger partial charge >= 0.3 is 0 Å². The standard InChI is InChI=1S/C27H47N/c1-18(2)7-6-8-19(3)23-11-12-24-22-10-9-20-17-21(28)13-15-26(20,4)25(22)14-16-27(23,24)5/h9,18-19,21-25H,6-8,10-17,28H2,1-5H3. The second-order valence-electron chi connectivity index (χ2n) is 12.3. The smallest absolute Gasteiger partial charge is 0.00766 e. The minimum atomic E-state index is 0.423. The quantitative estimate of drug-likeness (QED) is 0.492. The summed E-state index contributed by atoms with van der Waals surface area (Å²) in [7, 11) is 0. The molecule has 8 unspecified atom stereocenters. The van der Waals surface area contributed by atoms with Crippen LogP contribution in [0.2, 0.25) is 0 Å². The number of fused-ring (bicyclic) bond motifs is 5. The van der Waals surface area contributed by atoms with Gasteiger partial charge in [0.25, 0.3) is 0 Å². The van der Waals surface area contributed by atoms with E-state index in [9.17, 15) is 0 Å². The van der Waals surface area contributed by atoms with Crippen LogP contribution in [0.3, 0.4) is 0 Å². The van der Waals surface area contributed by atoms with E-state index in [2.05, 4.69) is 40.7 Å². The molecule has 3 fully saturated rings. The Balaban J connectivity index is 1.49. The van der Waals surface area contributed by atoms with Crippen molar-refractivity contribution in [2.75, 3.05) is 0 Å². The van der Waals surface area contributed by atoms with Crippen LogP contribution in [0.4, 0.5) is 0 Å². The van der Waals surface area contributed by atoms with E-state index in [0.717, 1.165) is 35.5 Å². The highest BCUT2D eigenvalue weighted by Gasteiger charge is 2.58. The third-order valence-corrected chi connectivity index (χ3v) is 10.3. The Hall–Kier alpha value is -0.300. The van der Waals surface area contributed by atoms with E-state index in [-0.39, 0.29) is 0 Å². The van der Waals surface area contributed by atoms with Crippen LogP contribution in [0.25, 0.3) is 0 Å². The molecule has 0 heterocycles. The third kappa shape index (κ3) is 3.42. The zero-order valence-electron chi connectivity index (χ0n) is 19.5. The molecule has 2 N–H and O–H groups in total. The van der Waals surface area contributed by atoms with Gasteiger partial charge in [-0.25, -0.2) is 0 Å². The van der Waals surface area contributed by atoms with Gasteiger partial charge in [-0.2, -0.15) is 0 Å². The van der Waals surface area contributed by atoms with Crippen molar-refractivity contribution >= 4 is 0 Å². The van der Waals surface area contributed by atoms with Gasteiger partial charge in [0.2, 0.25) is 0 Å². The van der Waals surface area contributed by atoms with E-state index < -0.39 is 0 Å². The first-order valence-electron chi connectivity index (χ1n) is 12.7. The Bertz CT molecular complexity index is 591. The van der Waals surface area contributed by atoms with Gasteiger partial charge < -0.3 is 5.73 Å². The average Bonchev–Trinajstić information content (AvgIpc) is 2.99. The number of hydrogen-bond acceptors (Lipinski definition) is 1. The van der Waals surface area contributed by atoms with E-state index in [1.54, 1.807) is 5.57 Å². The lowest BCUT2D eigenvalue weighted by Crippen LogP contribution is -2.51. The van der Waals surface area contributed by atoms with Gasteiger partial charge in [0, 0.05) is 6.04 Å². The SMILES string of the molecule is CC(C)CCCC(C)C1CCC2C3CC=C4CC(N)CCC4(C)C3CCC12C. The minimum absolute atomic E-state index is 0.423. The Kier molecular flexibility index (Phi) is 5.80. The summed E-state index contributed by atoms with van der Waals surface area (Å²) in [6.07, 6.45) is 18.1. The molecular weight excluding hydrogens is 338 g/mol. The summed E-state index contributed by atoms with van der Waals surface area (Å²) in [6, 6.07) is 0.423. The van der Waals surface area contributed by atoms with Gasteiger partial charge in [-0.15, -0.1) is 0 Å². The normalized spacial score (nSPS) is 46.5. The first-order chi connectivity index (χ1) is 13.3. The third-order valence-electron chi connectivity index (χ3n) is 10.3. The predicted octanol–water partition coefficient (Wildman–Crippen LogP) is 7.36. The van der Waals surface area contributed by atoms with Crippen molar-refractivity contribution in [3.8, 4) is 0 Å². The molecule has 0 spiro atoms. The molecule has 1 heteroatoms. The lowest BCUT2D eigenvalue weighted by Gasteiger charge is -2.58. The number of rotatable bonds is 5. The second-order valence-corrected chi connectivity index (χ2v) is 12.3. The molecule has 1 nitrogen and oxygen atoms in total. The highest BCUT2D eigenvalue weighted by molar-refractivity contribution is 5.25. The topological polar surface area (TPSA) is 26.0 Å². The van der Waals surface area contributed by atoms with Gasteiger partial charge in [-0.05, 0) is 97.7 Å². The molecule has 0 aromatic rings.